The molecule has 9 heteroatoms. The number of benzene rings is 2. The zero-order valence-electron chi connectivity index (χ0n) is 22.5. The van der Waals surface area contributed by atoms with Gasteiger partial charge in [0, 0.05) is 31.2 Å². The van der Waals surface area contributed by atoms with E-state index in [0.29, 0.717) is 31.3 Å². The number of ketones is 2. The molecular weight excluding hydrogens is 483 g/mol. The fourth-order valence-electron chi connectivity index (χ4n) is 3.38. The molecule has 0 spiro atoms. The van der Waals surface area contributed by atoms with Crippen molar-refractivity contribution in [2.24, 2.45) is 0 Å². The van der Waals surface area contributed by atoms with Crippen LogP contribution in [0, 0.1) is 27.7 Å². The van der Waals surface area contributed by atoms with Crippen molar-refractivity contribution in [1.29, 1.82) is 0 Å². The van der Waals surface area contributed by atoms with Crippen LogP contribution in [-0.4, -0.2) is 62.1 Å². The third kappa shape index (κ3) is 14.6. The molecule has 2 rings (SSSR count). The van der Waals surface area contributed by atoms with E-state index >= 15 is 0 Å². The van der Waals surface area contributed by atoms with Crippen LogP contribution < -0.4 is 34.3 Å². The van der Waals surface area contributed by atoms with Gasteiger partial charge in [0.1, 0.15) is 18.1 Å². The molecule has 0 saturated heterocycles. The minimum absolute atomic E-state index is 0. The Morgan fingerprint density at radius 1 is 0.771 bits per heavy atom. The van der Waals surface area contributed by atoms with Gasteiger partial charge in [0.25, 0.3) is 0 Å². The van der Waals surface area contributed by atoms with Crippen molar-refractivity contribution in [3.63, 3.8) is 0 Å². The van der Waals surface area contributed by atoms with E-state index in [1.54, 1.807) is 33.3 Å². The first-order chi connectivity index (χ1) is 15.5. The summed E-state index contributed by atoms with van der Waals surface area (Å²) in [5.41, 5.74) is 5.09. The Bertz CT molecular complexity index is 869. The molecule has 2 N–H and O–H groups in total. The number of hydrogen-bond donors (Lipinski definition) is 1. The Balaban J connectivity index is -0.000000479. The predicted molar refractivity (Wildman–Crippen MR) is 135 cm³/mol. The van der Waals surface area contributed by atoms with Crippen molar-refractivity contribution in [3.05, 3.63) is 57.6 Å². The summed E-state index contributed by atoms with van der Waals surface area (Å²) in [4.78, 5) is 22.5. The van der Waals surface area contributed by atoms with Crippen LogP contribution in [0.4, 0.5) is 0 Å². The zero-order valence-corrected chi connectivity index (χ0v) is 25.2. The van der Waals surface area contributed by atoms with Gasteiger partial charge in [-0.3, -0.25) is 9.59 Å². The molecule has 0 amide bonds. The number of hydrogen-bond acceptors (Lipinski definition) is 7. The molecule has 0 atom stereocenters. The number of carbonyl (C=O) groups is 2. The number of carbonyl (C=O) groups excluding carboxylic acids is 2. The maximum atomic E-state index is 11.4. The summed E-state index contributed by atoms with van der Waals surface area (Å²) in [5, 5.41) is 9.19. The average Bonchev–Trinajstić information content (AvgIpc) is 2.68. The Kier molecular flexibility index (Phi) is 22.5. The SMILES string of the molecule is CC(=O)c1c(C)cc(O)cc1C.COCCCl.COCCOc1cc(C)c(C(C)=O)c(C)c1.[Na+].[OH-]. The van der Waals surface area contributed by atoms with E-state index in [-0.39, 0.29) is 52.3 Å². The Labute approximate surface area is 236 Å². The number of Topliss-reactive ketones (excluding diaryl/α,β-unsaturated/α-hetero) is 2. The number of aromatic hydroxyl groups is 1. The van der Waals surface area contributed by atoms with Gasteiger partial charge in [-0.05, 0) is 88.1 Å². The summed E-state index contributed by atoms with van der Waals surface area (Å²) in [5.74, 6) is 1.74. The van der Waals surface area contributed by atoms with Crippen LogP contribution in [0.3, 0.4) is 0 Å². The summed E-state index contributed by atoms with van der Waals surface area (Å²) in [6, 6.07) is 6.98. The number of rotatable bonds is 8. The van der Waals surface area contributed by atoms with E-state index < -0.39 is 0 Å². The standard InChI is InChI=1S/C13H18O3.C10H12O2.C3H7ClO.Na.H2O/c1-9-7-12(16-6-5-15-4)8-10(2)13(9)11(3)14;1-6-4-9(12)5-7(2)10(6)8(3)11;1-5-3-2-4;;/h7-8H,5-6H2,1-4H3;4-5,12H,1-3H3;2-3H2,1H3;;1H2/q;;;+1;/p-1. The van der Waals surface area contributed by atoms with E-state index in [2.05, 4.69) is 4.74 Å². The Morgan fingerprint density at radius 3 is 1.43 bits per heavy atom. The molecule has 192 valence electrons. The summed E-state index contributed by atoms with van der Waals surface area (Å²) >= 11 is 5.18. The molecule has 2 aromatic carbocycles. The topological polar surface area (TPSA) is 112 Å². The number of alkyl halides is 1. The van der Waals surface area contributed by atoms with E-state index in [9.17, 15) is 14.7 Å². The van der Waals surface area contributed by atoms with E-state index in [4.69, 9.17) is 21.1 Å². The third-order valence-electron chi connectivity index (χ3n) is 4.57. The van der Waals surface area contributed by atoms with Crippen LogP contribution in [0.2, 0.25) is 0 Å². The quantitative estimate of drug-likeness (QED) is 0.246. The smallest absolute Gasteiger partial charge is 0.870 e. The predicted octanol–water partition coefficient (Wildman–Crippen LogP) is 2.44. The molecule has 0 fully saturated rings. The number of aryl methyl sites for hydroxylation is 4. The summed E-state index contributed by atoms with van der Waals surface area (Å²) in [6.07, 6.45) is 0. The van der Waals surface area contributed by atoms with E-state index in [1.165, 1.54) is 6.92 Å². The van der Waals surface area contributed by atoms with Gasteiger partial charge >= 0.3 is 29.6 Å². The summed E-state index contributed by atoms with van der Waals surface area (Å²) in [6.45, 7) is 12.4. The van der Waals surface area contributed by atoms with Crippen LogP contribution in [0.25, 0.3) is 0 Å². The molecule has 0 bridgehead atoms. The normalized spacial score (nSPS) is 9.29. The molecule has 0 aliphatic heterocycles. The largest absolute Gasteiger partial charge is 1.00 e. The summed E-state index contributed by atoms with van der Waals surface area (Å²) < 4.78 is 15.0. The zero-order chi connectivity index (χ0) is 25.6. The second-order valence-electron chi connectivity index (χ2n) is 7.52. The van der Waals surface area contributed by atoms with Crippen LogP contribution in [0.15, 0.2) is 24.3 Å². The van der Waals surface area contributed by atoms with E-state index in [0.717, 1.165) is 33.6 Å². The summed E-state index contributed by atoms with van der Waals surface area (Å²) in [7, 11) is 3.26. The first kappa shape index (κ1) is 38.1. The fourth-order valence-corrected chi connectivity index (χ4v) is 3.53. The van der Waals surface area contributed by atoms with E-state index in [1.807, 2.05) is 39.8 Å². The van der Waals surface area contributed by atoms with Gasteiger partial charge in [0.2, 0.25) is 0 Å². The molecule has 7 nitrogen and oxygen atoms in total. The maximum Gasteiger partial charge on any atom is 1.00 e. The molecule has 2 aromatic rings. The first-order valence-corrected chi connectivity index (χ1v) is 11.1. The number of phenols is 1. The van der Waals surface area contributed by atoms with Crippen LogP contribution in [-0.2, 0) is 9.47 Å². The van der Waals surface area contributed by atoms with Gasteiger partial charge in [-0.15, -0.1) is 11.6 Å². The van der Waals surface area contributed by atoms with Gasteiger partial charge in [-0.2, -0.15) is 0 Å². The minimum atomic E-state index is 0. The van der Waals surface area contributed by atoms with Crippen molar-refractivity contribution in [2.45, 2.75) is 41.5 Å². The molecule has 0 radical (unpaired) electrons. The maximum absolute atomic E-state index is 11.4. The number of phenolic OH excluding ortho intramolecular Hbond substituents is 1. The molecule has 0 saturated carbocycles. The molecule has 0 aromatic heterocycles. The van der Waals surface area contributed by atoms with Crippen LogP contribution >= 0.6 is 11.6 Å². The van der Waals surface area contributed by atoms with Crippen molar-refractivity contribution in [3.8, 4) is 11.5 Å². The molecule has 0 aliphatic rings. The molecule has 0 aliphatic carbocycles. The first-order valence-electron chi connectivity index (χ1n) is 10.6. The van der Waals surface area contributed by atoms with Crippen LogP contribution in [0.1, 0.15) is 56.8 Å². The number of ether oxygens (including phenoxy) is 3. The molecule has 0 unspecified atom stereocenters. The second-order valence-corrected chi connectivity index (χ2v) is 7.90. The number of halogens is 1. The van der Waals surface area contributed by atoms with Crippen LogP contribution in [0.5, 0.6) is 11.5 Å². The van der Waals surface area contributed by atoms with Crippen molar-refractivity contribution >= 4 is 23.2 Å². The second kappa shape index (κ2) is 20.7. The van der Waals surface area contributed by atoms with Crippen molar-refractivity contribution < 1.29 is 63.9 Å². The number of methoxy groups -OCH3 is 2. The third-order valence-corrected chi connectivity index (χ3v) is 4.72. The van der Waals surface area contributed by atoms with Gasteiger partial charge in [0.15, 0.2) is 11.6 Å². The van der Waals surface area contributed by atoms with Gasteiger partial charge in [0.05, 0.1) is 13.2 Å². The van der Waals surface area contributed by atoms with Gasteiger partial charge in [-0.1, -0.05) is 0 Å². The fraction of sp³-hybridized carbons (Fsp3) is 0.462. The Hall–Kier alpha value is -1.45. The van der Waals surface area contributed by atoms with Crippen molar-refractivity contribution in [1.82, 2.24) is 0 Å². The molecule has 0 heterocycles. The monoisotopic (exact) mass is 520 g/mol. The minimum Gasteiger partial charge on any atom is -0.870 e. The van der Waals surface area contributed by atoms with Crippen molar-refractivity contribution in [2.75, 3.05) is 39.9 Å². The average molecular weight is 521 g/mol. The van der Waals surface area contributed by atoms with Gasteiger partial charge < -0.3 is 24.8 Å². The van der Waals surface area contributed by atoms with Gasteiger partial charge in [-0.25, -0.2) is 0 Å². The molecular formula is C26H38ClNaO7. The Morgan fingerprint density at radius 2 is 1.14 bits per heavy atom. The molecule has 35 heavy (non-hydrogen) atoms.